The zero-order valence-corrected chi connectivity index (χ0v) is 18.0. The monoisotopic (exact) mass is 436 g/mol. The molecule has 0 bridgehead atoms. The van der Waals surface area contributed by atoms with Gasteiger partial charge in [-0.3, -0.25) is 18.7 Å². The molecule has 1 aromatic carbocycles. The smallest absolute Gasteiger partial charge is 0.229 e. The van der Waals surface area contributed by atoms with Crippen molar-refractivity contribution in [1.82, 2.24) is 34.5 Å². The van der Waals surface area contributed by atoms with Gasteiger partial charge in [0.15, 0.2) is 10.9 Å². The van der Waals surface area contributed by atoms with Crippen molar-refractivity contribution in [3.63, 3.8) is 0 Å². The number of aromatic amines is 1. The van der Waals surface area contributed by atoms with Gasteiger partial charge in [0.05, 0.1) is 11.4 Å². The summed E-state index contributed by atoms with van der Waals surface area (Å²) in [6, 6.07) is 9.18. The molecule has 0 saturated heterocycles. The van der Waals surface area contributed by atoms with E-state index >= 15 is 0 Å². The van der Waals surface area contributed by atoms with Crippen LogP contribution in [0.5, 0.6) is 0 Å². The fourth-order valence-corrected chi connectivity index (χ4v) is 4.13. The third kappa shape index (κ3) is 4.26. The van der Waals surface area contributed by atoms with Crippen molar-refractivity contribution < 1.29 is 9.59 Å². The molecule has 0 aliphatic heterocycles. The molecule has 0 spiro atoms. The van der Waals surface area contributed by atoms with Crippen LogP contribution >= 0.6 is 11.8 Å². The van der Waals surface area contributed by atoms with Crippen LogP contribution in [0.4, 0.5) is 5.69 Å². The summed E-state index contributed by atoms with van der Waals surface area (Å²) < 4.78 is 3.64. The van der Waals surface area contributed by atoms with E-state index in [2.05, 4.69) is 30.7 Å². The van der Waals surface area contributed by atoms with Gasteiger partial charge in [0.25, 0.3) is 0 Å². The highest BCUT2D eigenvalue weighted by atomic mass is 32.2. The van der Waals surface area contributed by atoms with E-state index in [-0.39, 0.29) is 17.4 Å². The van der Waals surface area contributed by atoms with E-state index in [0.717, 1.165) is 17.1 Å². The number of nitrogens with zero attached hydrogens (tertiary/aromatic N) is 6. The summed E-state index contributed by atoms with van der Waals surface area (Å²) in [7, 11) is 0. The lowest BCUT2D eigenvalue weighted by molar-refractivity contribution is -0.114. The zero-order valence-electron chi connectivity index (χ0n) is 17.2. The van der Waals surface area contributed by atoms with Crippen LogP contribution in [0.3, 0.4) is 0 Å². The SMILES string of the molecule is CC(=O)Nc1cccc(-n2cnnc2SCC(=O)c2cc(C)n(-c3ncn[nH]3)c2C)c1. The molecular weight excluding hydrogens is 416 g/mol. The number of anilines is 1. The predicted octanol–water partition coefficient (Wildman–Crippen LogP) is 2.73. The Kier molecular flexibility index (Phi) is 5.67. The second-order valence-electron chi connectivity index (χ2n) is 6.86. The summed E-state index contributed by atoms with van der Waals surface area (Å²) in [5.41, 5.74) is 3.77. The Hall–Kier alpha value is -3.73. The molecule has 31 heavy (non-hydrogen) atoms. The largest absolute Gasteiger partial charge is 0.326 e. The fraction of sp³-hybridized carbons (Fsp3) is 0.200. The van der Waals surface area contributed by atoms with E-state index in [1.807, 2.05) is 42.7 Å². The van der Waals surface area contributed by atoms with Gasteiger partial charge in [0.1, 0.15) is 12.7 Å². The molecule has 4 aromatic rings. The second-order valence-corrected chi connectivity index (χ2v) is 7.80. The third-order valence-electron chi connectivity index (χ3n) is 4.64. The van der Waals surface area contributed by atoms with Crippen LogP contribution in [0, 0.1) is 13.8 Å². The normalized spacial score (nSPS) is 10.9. The Labute approximate surface area is 182 Å². The van der Waals surface area contributed by atoms with Crippen molar-refractivity contribution in [3.8, 4) is 11.6 Å². The highest BCUT2D eigenvalue weighted by Crippen LogP contribution is 2.25. The Balaban J connectivity index is 1.52. The van der Waals surface area contributed by atoms with Gasteiger partial charge in [-0.15, -0.1) is 10.2 Å². The second kappa shape index (κ2) is 8.56. The topological polar surface area (TPSA) is 123 Å². The van der Waals surface area contributed by atoms with Gasteiger partial charge >= 0.3 is 0 Å². The van der Waals surface area contributed by atoms with Crippen LogP contribution in [0.25, 0.3) is 11.6 Å². The van der Waals surface area contributed by atoms with E-state index in [4.69, 9.17) is 0 Å². The molecule has 3 aromatic heterocycles. The molecule has 0 aliphatic carbocycles. The fourth-order valence-electron chi connectivity index (χ4n) is 3.32. The van der Waals surface area contributed by atoms with Gasteiger partial charge in [-0.25, -0.2) is 5.10 Å². The Bertz CT molecular complexity index is 1240. The molecule has 2 N–H and O–H groups in total. The lowest BCUT2D eigenvalue weighted by Crippen LogP contribution is -2.08. The lowest BCUT2D eigenvalue weighted by Gasteiger charge is -2.09. The van der Waals surface area contributed by atoms with E-state index < -0.39 is 0 Å². The van der Waals surface area contributed by atoms with Crippen molar-refractivity contribution >= 4 is 29.1 Å². The molecule has 0 atom stereocenters. The standard InChI is InChI=1S/C20H20N8O2S/c1-12-7-17(13(2)28(12)19-21-10-22-25-19)18(30)9-31-20-26-23-11-27(20)16-6-4-5-15(8-16)24-14(3)29/h4-8,10-11H,9H2,1-3H3,(H,24,29)(H,21,22,25). The van der Waals surface area contributed by atoms with Crippen LogP contribution in [-0.2, 0) is 4.79 Å². The number of aromatic nitrogens is 7. The minimum Gasteiger partial charge on any atom is -0.326 e. The van der Waals surface area contributed by atoms with Crippen molar-refractivity contribution in [2.45, 2.75) is 25.9 Å². The van der Waals surface area contributed by atoms with E-state index in [1.54, 1.807) is 17.0 Å². The number of ketones is 1. The number of rotatable bonds is 7. The lowest BCUT2D eigenvalue weighted by atomic mass is 10.2. The minimum atomic E-state index is -0.149. The molecule has 0 aliphatic rings. The first-order valence-electron chi connectivity index (χ1n) is 9.42. The average Bonchev–Trinajstić information content (AvgIpc) is 3.46. The molecule has 3 heterocycles. The number of aryl methyl sites for hydroxylation is 1. The molecular formula is C20H20N8O2S. The average molecular weight is 437 g/mol. The maximum absolute atomic E-state index is 12.9. The van der Waals surface area contributed by atoms with Crippen LogP contribution in [-0.4, -0.2) is 52.0 Å². The molecule has 158 valence electrons. The van der Waals surface area contributed by atoms with Crippen LogP contribution in [0.2, 0.25) is 0 Å². The quantitative estimate of drug-likeness (QED) is 0.337. The van der Waals surface area contributed by atoms with Crippen LogP contribution in [0.15, 0.2) is 48.1 Å². The maximum Gasteiger partial charge on any atom is 0.229 e. The number of thioether (sulfide) groups is 1. The summed E-state index contributed by atoms with van der Waals surface area (Å²) in [4.78, 5) is 28.4. The van der Waals surface area contributed by atoms with Gasteiger partial charge in [0.2, 0.25) is 11.9 Å². The predicted molar refractivity (Wildman–Crippen MR) is 116 cm³/mol. The van der Waals surface area contributed by atoms with Crippen molar-refractivity contribution in [3.05, 3.63) is 59.9 Å². The third-order valence-corrected chi connectivity index (χ3v) is 5.58. The molecule has 0 radical (unpaired) electrons. The first-order chi connectivity index (χ1) is 14.9. The van der Waals surface area contributed by atoms with E-state index in [0.29, 0.717) is 22.4 Å². The summed E-state index contributed by atoms with van der Waals surface area (Å²) in [6.45, 7) is 5.25. The number of nitrogens with one attached hydrogen (secondary N) is 2. The van der Waals surface area contributed by atoms with Gasteiger partial charge < -0.3 is 5.32 Å². The van der Waals surface area contributed by atoms with Gasteiger partial charge in [-0.05, 0) is 38.1 Å². The van der Waals surface area contributed by atoms with E-state index in [9.17, 15) is 9.59 Å². The number of benzene rings is 1. The highest BCUT2D eigenvalue weighted by molar-refractivity contribution is 7.99. The maximum atomic E-state index is 12.9. The number of H-pyrrole nitrogens is 1. The summed E-state index contributed by atoms with van der Waals surface area (Å²) in [5.74, 6) is 0.597. The van der Waals surface area contributed by atoms with Gasteiger partial charge in [-0.2, -0.15) is 10.1 Å². The number of carbonyl (C=O) groups excluding carboxylic acids is 2. The summed E-state index contributed by atoms with van der Waals surface area (Å²) >= 11 is 1.30. The first kappa shape index (κ1) is 20.5. The van der Waals surface area contributed by atoms with E-state index in [1.165, 1.54) is 25.0 Å². The van der Waals surface area contributed by atoms with Crippen LogP contribution < -0.4 is 5.32 Å². The van der Waals surface area contributed by atoms with Gasteiger partial charge in [-0.1, -0.05) is 17.8 Å². The Morgan fingerprint density at radius 1 is 1.23 bits per heavy atom. The molecule has 0 saturated carbocycles. The number of amides is 1. The number of hydrogen-bond donors (Lipinski definition) is 2. The summed E-state index contributed by atoms with van der Waals surface area (Å²) in [5, 5.41) is 18.2. The number of carbonyl (C=O) groups is 2. The molecule has 0 fully saturated rings. The number of Topliss-reactive ketones (excluding diaryl/α,β-unsaturated/α-hetero) is 1. The highest BCUT2D eigenvalue weighted by Gasteiger charge is 2.19. The van der Waals surface area contributed by atoms with Crippen LogP contribution in [0.1, 0.15) is 28.7 Å². The molecule has 11 heteroatoms. The number of hydrogen-bond acceptors (Lipinski definition) is 7. The van der Waals surface area contributed by atoms with Crippen molar-refractivity contribution in [2.75, 3.05) is 11.1 Å². The Morgan fingerprint density at radius 2 is 2.06 bits per heavy atom. The molecule has 10 nitrogen and oxygen atoms in total. The molecule has 4 rings (SSSR count). The zero-order chi connectivity index (χ0) is 22.0. The summed E-state index contributed by atoms with van der Waals surface area (Å²) in [6.07, 6.45) is 3.01. The van der Waals surface area contributed by atoms with Crippen molar-refractivity contribution in [1.29, 1.82) is 0 Å². The van der Waals surface area contributed by atoms with Crippen molar-refractivity contribution in [2.24, 2.45) is 0 Å². The van der Waals surface area contributed by atoms with Gasteiger partial charge in [0, 0.05) is 29.6 Å². The Morgan fingerprint density at radius 3 is 2.81 bits per heavy atom. The first-order valence-corrected chi connectivity index (χ1v) is 10.4. The molecule has 1 amide bonds. The molecule has 0 unspecified atom stereocenters. The minimum absolute atomic E-state index is 0.0228.